The molecule has 0 atom stereocenters. The van der Waals surface area contributed by atoms with Crippen molar-refractivity contribution in [2.45, 2.75) is 45.4 Å². The first-order valence-corrected chi connectivity index (χ1v) is 12.4. The predicted molar refractivity (Wildman–Crippen MR) is 101 cm³/mol. The molecule has 8 nitrogen and oxygen atoms in total. The number of carboxylic acid groups (broad SMARTS) is 1. The van der Waals surface area contributed by atoms with E-state index >= 15 is 0 Å². The Morgan fingerprint density at radius 2 is 2.00 bits per heavy atom. The third kappa shape index (κ3) is 6.08. The molecule has 0 amide bonds. The highest BCUT2D eigenvalue weighted by Crippen LogP contribution is 2.11. The topological polar surface area (TPSA) is 95.6 Å². The summed E-state index contributed by atoms with van der Waals surface area (Å²) in [5.41, 5.74) is 0.552. The first kappa shape index (κ1) is 20.3. The fourth-order valence-corrected chi connectivity index (χ4v) is 3.12. The van der Waals surface area contributed by atoms with E-state index < -0.39 is 14.0 Å². The van der Waals surface area contributed by atoms with E-state index in [4.69, 9.17) is 14.6 Å². The number of ether oxygens (including phenoxy) is 2. The molecule has 2 aromatic rings. The molecule has 0 unspecified atom stereocenters. The molecule has 0 aliphatic carbocycles. The van der Waals surface area contributed by atoms with Crippen molar-refractivity contribution in [3.63, 3.8) is 0 Å². The van der Waals surface area contributed by atoms with Gasteiger partial charge in [0.2, 0.25) is 0 Å². The SMILES string of the molecule is C[Si](C)(C)CCOCn1ncc2c(ccn2CCOCCC(=O)O)c1=O. The summed E-state index contributed by atoms with van der Waals surface area (Å²) < 4.78 is 14.1. The van der Waals surface area contributed by atoms with Crippen LogP contribution >= 0.6 is 0 Å². The molecule has 0 radical (unpaired) electrons. The molecule has 0 aromatic carbocycles. The van der Waals surface area contributed by atoms with Crippen molar-refractivity contribution in [3.8, 4) is 0 Å². The number of rotatable bonds is 11. The van der Waals surface area contributed by atoms with Gasteiger partial charge < -0.3 is 19.1 Å². The van der Waals surface area contributed by atoms with Crippen molar-refractivity contribution < 1.29 is 19.4 Å². The Kier molecular flexibility index (Phi) is 7.12. The van der Waals surface area contributed by atoms with Crippen molar-refractivity contribution in [1.82, 2.24) is 14.3 Å². The van der Waals surface area contributed by atoms with Crippen LogP contribution in [-0.4, -0.2) is 53.3 Å². The fourth-order valence-electron chi connectivity index (χ4n) is 2.37. The van der Waals surface area contributed by atoms with Crippen molar-refractivity contribution in [3.05, 3.63) is 28.8 Å². The van der Waals surface area contributed by atoms with E-state index in [1.165, 1.54) is 4.68 Å². The zero-order valence-electron chi connectivity index (χ0n) is 15.6. The number of nitrogens with zero attached hydrogens (tertiary/aromatic N) is 3. The van der Waals surface area contributed by atoms with E-state index in [1.807, 2.05) is 10.8 Å². The van der Waals surface area contributed by atoms with Gasteiger partial charge >= 0.3 is 5.97 Å². The van der Waals surface area contributed by atoms with E-state index in [9.17, 15) is 9.59 Å². The molecular weight excluding hydrogens is 354 g/mol. The maximum Gasteiger partial charge on any atom is 0.305 e. The number of aromatic nitrogens is 3. The van der Waals surface area contributed by atoms with Crippen LogP contribution in [0.2, 0.25) is 25.7 Å². The van der Waals surface area contributed by atoms with Crippen LogP contribution in [0.1, 0.15) is 6.42 Å². The maximum absolute atomic E-state index is 12.5. The van der Waals surface area contributed by atoms with Crippen LogP contribution in [0.25, 0.3) is 10.9 Å². The molecule has 0 aliphatic heterocycles. The Bertz CT molecular complexity index is 794. The van der Waals surface area contributed by atoms with Crippen molar-refractivity contribution in [2.75, 3.05) is 19.8 Å². The fraction of sp³-hybridized carbons (Fsp3) is 0.588. The Balaban J connectivity index is 1.93. The molecule has 2 heterocycles. The van der Waals surface area contributed by atoms with E-state index in [0.29, 0.717) is 25.1 Å². The number of hydrogen-bond donors (Lipinski definition) is 1. The average molecular weight is 382 g/mol. The quantitative estimate of drug-likeness (QED) is 0.472. The Labute approximate surface area is 153 Å². The Morgan fingerprint density at radius 1 is 1.23 bits per heavy atom. The minimum absolute atomic E-state index is 0.0175. The second-order valence-electron chi connectivity index (χ2n) is 7.36. The van der Waals surface area contributed by atoms with E-state index in [2.05, 4.69) is 24.7 Å². The molecule has 1 N–H and O–H groups in total. The van der Waals surface area contributed by atoms with Crippen molar-refractivity contribution >= 4 is 24.9 Å². The zero-order valence-corrected chi connectivity index (χ0v) is 16.6. The lowest BCUT2D eigenvalue weighted by molar-refractivity contribution is -0.138. The van der Waals surface area contributed by atoms with E-state index in [0.717, 1.165) is 11.6 Å². The van der Waals surface area contributed by atoms with Crippen LogP contribution in [-0.2, 0) is 27.5 Å². The van der Waals surface area contributed by atoms with Crippen LogP contribution in [0.4, 0.5) is 0 Å². The minimum Gasteiger partial charge on any atom is -0.481 e. The lowest BCUT2D eigenvalue weighted by Crippen LogP contribution is -2.26. The van der Waals surface area contributed by atoms with Crippen LogP contribution in [0, 0.1) is 0 Å². The van der Waals surface area contributed by atoms with Crippen LogP contribution in [0.3, 0.4) is 0 Å². The average Bonchev–Trinajstić information content (AvgIpc) is 2.96. The lowest BCUT2D eigenvalue weighted by atomic mass is 10.3. The van der Waals surface area contributed by atoms with Gasteiger partial charge in [0, 0.05) is 27.4 Å². The first-order valence-electron chi connectivity index (χ1n) is 8.70. The highest BCUT2D eigenvalue weighted by molar-refractivity contribution is 6.76. The van der Waals surface area contributed by atoms with E-state index in [1.54, 1.807) is 12.3 Å². The van der Waals surface area contributed by atoms with Gasteiger partial charge in [-0.2, -0.15) is 5.10 Å². The van der Waals surface area contributed by atoms with Gasteiger partial charge in [-0.15, -0.1) is 0 Å². The molecule has 26 heavy (non-hydrogen) atoms. The summed E-state index contributed by atoms with van der Waals surface area (Å²) in [4.78, 5) is 22.9. The highest BCUT2D eigenvalue weighted by atomic mass is 28.3. The summed E-state index contributed by atoms with van der Waals surface area (Å²) in [6.45, 7) is 8.71. The standard InChI is InChI=1S/C17H27N3O5Si/c1-26(2,3)11-10-25-13-20-17(23)14-4-6-19(15(14)12-18-20)7-9-24-8-5-16(21)22/h4,6,12H,5,7-11,13H2,1-3H3,(H,21,22). The van der Waals surface area contributed by atoms with Gasteiger partial charge in [-0.25, -0.2) is 4.68 Å². The van der Waals surface area contributed by atoms with Crippen LogP contribution in [0.15, 0.2) is 23.3 Å². The summed E-state index contributed by atoms with van der Waals surface area (Å²) in [7, 11) is -1.16. The van der Waals surface area contributed by atoms with Gasteiger partial charge in [-0.3, -0.25) is 9.59 Å². The molecule has 0 saturated heterocycles. The van der Waals surface area contributed by atoms with Gasteiger partial charge in [0.05, 0.1) is 36.7 Å². The molecule has 0 aliphatic rings. The predicted octanol–water partition coefficient (Wildman–Crippen LogP) is 2.00. The highest BCUT2D eigenvalue weighted by Gasteiger charge is 2.13. The zero-order chi connectivity index (χ0) is 19.2. The minimum atomic E-state index is -1.16. The maximum atomic E-state index is 12.5. The monoisotopic (exact) mass is 381 g/mol. The molecule has 144 valence electrons. The first-order chi connectivity index (χ1) is 12.3. The van der Waals surface area contributed by atoms with Crippen LogP contribution < -0.4 is 5.56 Å². The smallest absolute Gasteiger partial charge is 0.305 e. The molecule has 0 bridgehead atoms. The molecule has 0 saturated carbocycles. The number of hydrogen-bond acceptors (Lipinski definition) is 5. The summed E-state index contributed by atoms with van der Waals surface area (Å²) >= 11 is 0. The van der Waals surface area contributed by atoms with Crippen molar-refractivity contribution in [2.24, 2.45) is 0 Å². The van der Waals surface area contributed by atoms with Gasteiger partial charge in [-0.1, -0.05) is 19.6 Å². The van der Waals surface area contributed by atoms with Gasteiger partial charge in [0.1, 0.15) is 6.73 Å². The second kappa shape index (κ2) is 9.11. The third-order valence-electron chi connectivity index (χ3n) is 3.94. The number of carboxylic acids is 1. The summed E-state index contributed by atoms with van der Waals surface area (Å²) in [6.07, 6.45) is 3.44. The van der Waals surface area contributed by atoms with E-state index in [-0.39, 0.29) is 25.3 Å². The van der Waals surface area contributed by atoms with Crippen molar-refractivity contribution in [1.29, 1.82) is 0 Å². The number of fused-ring (bicyclic) bond motifs is 1. The summed E-state index contributed by atoms with van der Waals surface area (Å²) in [6, 6.07) is 2.80. The largest absolute Gasteiger partial charge is 0.481 e. The molecule has 2 rings (SSSR count). The van der Waals surface area contributed by atoms with Gasteiger partial charge in [0.15, 0.2) is 0 Å². The molecular formula is C17H27N3O5Si. The van der Waals surface area contributed by atoms with Crippen LogP contribution in [0.5, 0.6) is 0 Å². The molecule has 2 aromatic heterocycles. The Morgan fingerprint density at radius 3 is 2.69 bits per heavy atom. The molecule has 0 fully saturated rings. The van der Waals surface area contributed by atoms with Gasteiger partial charge in [0.25, 0.3) is 5.56 Å². The lowest BCUT2D eigenvalue weighted by Gasteiger charge is -2.15. The van der Waals surface area contributed by atoms with Gasteiger partial charge in [-0.05, 0) is 12.1 Å². The second-order valence-corrected chi connectivity index (χ2v) is 13.0. The normalized spacial score (nSPS) is 12.0. The third-order valence-corrected chi connectivity index (χ3v) is 5.64. The molecule has 9 heteroatoms. The Hall–Kier alpha value is -1.97. The number of aliphatic carboxylic acids is 1. The summed E-state index contributed by atoms with van der Waals surface area (Å²) in [5.74, 6) is -0.881. The summed E-state index contributed by atoms with van der Waals surface area (Å²) in [5, 5.41) is 13.3. The number of carbonyl (C=O) groups is 1. The molecule has 0 spiro atoms.